The molecule has 0 saturated heterocycles. The molecule has 3 heterocycles. The van der Waals surface area contributed by atoms with E-state index in [1.165, 1.54) is 6.33 Å². The van der Waals surface area contributed by atoms with Crippen molar-refractivity contribution in [3.8, 4) is 16.2 Å². The first kappa shape index (κ1) is 15.9. The van der Waals surface area contributed by atoms with Crippen LogP contribution in [0, 0.1) is 6.92 Å². The van der Waals surface area contributed by atoms with Crippen molar-refractivity contribution in [2.75, 3.05) is 20.0 Å². The molecular weight excluding hydrogens is 336 g/mol. The summed E-state index contributed by atoms with van der Waals surface area (Å²) in [5, 5.41) is 5.43. The van der Waals surface area contributed by atoms with Gasteiger partial charge in [-0.3, -0.25) is 0 Å². The molecule has 0 fully saturated rings. The van der Waals surface area contributed by atoms with E-state index in [1.54, 1.807) is 30.1 Å². The number of benzene rings is 1. The predicted molar refractivity (Wildman–Crippen MR) is 100 cm³/mol. The second-order valence-corrected chi connectivity index (χ2v) is 6.95. The Labute approximate surface area is 148 Å². The van der Waals surface area contributed by atoms with Crippen LogP contribution < -0.4 is 10.5 Å². The van der Waals surface area contributed by atoms with Gasteiger partial charge >= 0.3 is 0 Å². The van der Waals surface area contributed by atoms with Crippen LogP contribution in [0.15, 0.2) is 30.7 Å². The lowest BCUT2D eigenvalue weighted by atomic mass is 10.1. The number of hydrogen-bond donors (Lipinski definition) is 1. The van der Waals surface area contributed by atoms with Crippen LogP contribution in [0.1, 0.15) is 11.1 Å². The van der Waals surface area contributed by atoms with Gasteiger partial charge in [-0.15, -0.1) is 11.3 Å². The van der Waals surface area contributed by atoms with E-state index in [2.05, 4.69) is 29.1 Å². The number of anilines is 1. The minimum Gasteiger partial charge on any atom is -0.495 e. The monoisotopic (exact) mass is 354 g/mol. The van der Waals surface area contributed by atoms with Crippen LogP contribution in [0.2, 0.25) is 0 Å². The highest BCUT2D eigenvalue weighted by Crippen LogP contribution is 2.43. The van der Waals surface area contributed by atoms with E-state index in [0.717, 1.165) is 42.9 Å². The van der Waals surface area contributed by atoms with Crippen LogP contribution in [0.3, 0.4) is 0 Å². The number of hydrogen-bond acceptors (Lipinski definition) is 6. The van der Waals surface area contributed by atoms with Gasteiger partial charge in [0.05, 0.1) is 18.4 Å². The summed E-state index contributed by atoms with van der Waals surface area (Å²) in [7, 11) is 3.38. The maximum Gasteiger partial charge on any atom is 0.152 e. The van der Waals surface area contributed by atoms with Gasteiger partial charge < -0.3 is 15.2 Å². The minimum atomic E-state index is 0.452. The molecule has 2 N–H and O–H groups in total. The molecule has 0 bridgehead atoms. The van der Waals surface area contributed by atoms with Crippen molar-refractivity contribution >= 4 is 32.8 Å². The van der Waals surface area contributed by atoms with Gasteiger partial charge in [0.1, 0.15) is 17.6 Å². The van der Waals surface area contributed by atoms with Gasteiger partial charge in [0.15, 0.2) is 5.82 Å². The lowest BCUT2D eigenvalue weighted by Gasteiger charge is -2.03. The zero-order valence-corrected chi connectivity index (χ0v) is 15.1. The highest BCUT2D eigenvalue weighted by atomic mass is 32.1. The molecule has 7 heteroatoms. The van der Waals surface area contributed by atoms with E-state index in [4.69, 9.17) is 15.2 Å². The van der Waals surface area contributed by atoms with E-state index in [1.807, 2.05) is 12.3 Å². The molecule has 0 atom stereocenters. The summed E-state index contributed by atoms with van der Waals surface area (Å²) in [6.07, 6.45) is 3.40. The number of aryl methyl sites for hydroxylation is 1. The maximum atomic E-state index is 6.15. The Morgan fingerprint density at radius 3 is 2.84 bits per heavy atom. The number of ether oxygens (including phenoxy) is 2. The number of rotatable bonds is 4. The van der Waals surface area contributed by atoms with Crippen LogP contribution in [-0.2, 0) is 11.3 Å². The normalized spacial score (nSPS) is 11.5. The third-order valence-corrected chi connectivity index (χ3v) is 5.36. The number of nitrogens with two attached hydrogens (primary N) is 1. The van der Waals surface area contributed by atoms with Crippen molar-refractivity contribution in [2.24, 2.45) is 0 Å². The first-order valence-corrected chi connectivity index (χ1v) is 8.62. The molecule has 25 heavy (non-hydrogen) atoms. The molecule has 4 rings (SSSR count). The minimum absolute atomic E-state index is 0.452. The quantitative estimate of drug-likeness (QED) is 0.605. The molecule has 0 unspecified atom stereocenters. The van der Waals surface area contributed by atoms with Crippen molar-refractivity contribution < 1.29 is 9.47 Å². The molecular formula is C18H18N4O2S. The summed E-state index contributed by atoms with van der Waals surface area (Å²) >= 11 is 1.67. The SMILES string of the molecule is COCc1cn2ncnc(N)c2c1-c1cc2cc(C)cc(OC)c2s1. The van der Waals surface area contributed by atoms with Crippen LogP contribution in [-0.4, -0.2) is 28.8 Å². The highest BCUT2D eigenvalue weighted by Gasteiger charge is 2.19. The van der Waals surface area contributed by atoms with Crippen LogP contribution in [0.25, 0.3) is 26.0 Å². The molecule has 0 aliphatic carbocycles. The van der Waals surface area contributed by atoms with Gasteiger partial charge in [0.25, 0.3) is 0 Å². The first-order valence-electron chi connectivity index (χ1n) is 7.80. The molecule has 4 aromatic rings. The molecule has 0 radical (unpaired) electrons. The van der Waals surface area contributed by atoms with Crippen molar-refractivity contribution in [2.45, 2.75) is 13.5 Å². The molecule has 6 nitrogen and oxygen atoms in total. The molecule has 0 aliphatic heterocycles. The van der Waals surface area contributed by atoms with E-state index < -0.39 is 0 Å². The highest BCUT2D eigenvalue weighted by molar-refractivity contribution is 7.22. The Bertz CT molecular complexity index is 1080. The van der Waals surface area contributed by atoms with Gasteiger partial charge in [0, 0.05) is 29.3 Å². The summed E-state index contributed by atoms with van der Waals surface area (Å²) in [5.41, 5.74) is 10.2. The fourth-order valence-electron chi connectivity index (χ4n) is 3.16. The average Bonchev–Trinajstić information content (AvgIpc) is 3.15. The van der Waals surface area contributed by atoms with Crippen molar-refractivity contribution in [1.29, 1.82) is 0 Å². The summed E-state index contributed by atoms with van der Waals surface area (Å²) in [6.45, 7) is 2.54. The summed E-state index contributed by atoms with van der Waals surface area (Å²) in [4.78, 5) is 5.25. The van der Waals surface area contributed by atoms with Gasteiger partial charge in [0.2, 0.25) is 0 Å². The topological polar surface area (TPSA) is 74.7 Å². The van der Waals surface area contributed by atoms with E-state index in [0.29, 0.717) is 12.4 Å². The zero-order chi connectivity index (χ0) is 17.6. The number of fused-ring (bicyclic) bond motifs is 2. The first-order chi connectivity index (χ1) is 12.1. The molecule has 0 amide bonds. The molecule has 3 aromatic heterocycles. The maximum absolute atomic E-state index is 6.15. The van der Waals surface area contributed by atoms with E-state index in [9.17, 15) is 0 Å². The number of thiophene rings is 1. The fraction of sp³-hybridized carbons (Fsp3) is 0.222. The Kier molecular flexibility index (Phi) is 3.82. The standard InChI is InChI=1S/C18H18N4O2S/c1-10-4-11-6-14(25-17(11)13(5-10)24-3)15-12(8-23-2)7-22-16(15)18(19)20-9-21-22/h4-7,9H,8H2,1-3H3,(H2,19,20,21). The van der Waals surface area contributed by atoms with Gasteiger partial charge in [-0.25, -0.2) is 9.50 Å². The van der Waals surface area contributed by atoms with Gasteiger partial charge in [-0.1, -0.05) is 6.07 Å². The molecule has 0 aliphatic rings. The Morgan fingerprint density at radius 1 is 1.24 bits per heavy atom. The Hall–Kier alpha value is -2.64. The molecule has 0 spiro atoms. The lowest BCUT2D eigenvalue weighted by Crippen LogP contribution is -1.98. The molecule has 0 saturated carbocycles. The number of methoxy groups -OCH3 is 2. The van der Waals surface area contributed by atoms with Gasteiger partial charge in [-0.2, -0.15) is 5.10 Å². The fourth-order valence-corrected chi connectivity index (χ4v) is 4.38. The molecule has 128 valence electrons. The molecule has 1 aromatic carbocycles. The summed E-state index contributed by atoms with van der Waals surface area (Å²) in [6, 6.07) is 6.37. The van der Waals surface area contributed by atoms with Crippen LogP contribution in [0.4, 0.5) is 5.82 Å². The van der Waals surface area contributed by atoms with Crippen molar-refractivity contribution in [1.82, 2.24) is 14.6 Å². The average molecular weight is 354 g/mol. The van der Waals surface area contributed by atoms with Crippen LogP contribution in [0.5, 0.6) is 5.75 Å². The number of nitrogens with zero attached hydrogens (tertiary/aromatic N) is 3. The Balaban J connectivity index is 2.04. The zero-order valence-electron chi connectivity index (χ0n) is 14.2. The van der Waals surface area contributed by atoms with Crippen molar-refractivity contribution in [3.05, 3.63) is 41.9 Å². The predicted octanol–water partition coefficient (Wildman–Crippen LogP) is 3.66. The number of nitrogen functional groups attached to an aromatic ring is 1. The smallest absolute Gasteiger partial charge is 0.152 e. The Morgan fingerprint density at radius 2 is 2.08 bits per heavy atom. The summed E-state index contributed by atoms with van der Waals surface area (Å²) < 4.78 is 13.8. The largest absolute Gasteiger partial charge is 0.495 e. The van der Waals surface area contributed by atoms with E-state index >= 15 is 0 Å². The summed E-state index contributed by atoms with van der Waals surface area (Å²) in [5.74, 6) is 1.33. The second kappa shape index (κ2) is 6.02. The number of aromatic nitrogens is 3. The second-order valence-electron chi connectivity index (χ2n) is 5.90. The third-order valence-electron chi connectivity index (χ3n) is 4.17. The van der Waals surface area contributed by atoms with Crippen molar-refractivity contribution in [3.63, 3.8) is 0 Å². The van der Waals surface area contributed by atoms with Gasteiger partial charge in [-0.05, 0) is 30.0 Å². The lowest BCUT2D eigenvalue weighted by molar-refractivity contribution is 0.185. The third kappa shape index (κ3) is 2.52. The van der Waals surface area contributed by atoms with Crippen LogP contribution >= 0.6 is 11.3 Å². The van der Waals surface area contributed by atoms with E-state index in [-0.39, 0.29) is 0 Å².